The normalized spacial score (nSPS) is 32.4. The summed E-state index contributed by atoms with van der Waals surface area (Å²) in [5, 5.41) is 34.2. The third kappa shape index (κ3) is 3.67. The minimum atomic E-state index is -0.957. The standard InChI is InChI=1S/C23H31NO6S/c1-11(25)24-17(10-31)22(29)30-18-9-15-12-7-8-23(2)16(5-6-19(23)26)13(12)3-4-14(15)20(27)21(18)28/h9,12-13,16-17,19,26-28,31H,3-8,10H2,1-2H3,(H,24,25)/t12?,13?,16?,17-,19-,23-/m0/s1. The Morgan fingerprint density at radius 1 is 1.26 bits per heavy atom. The third-order valence-corrected chi connectivity index (χ3v) is 8.31. The van der Waals surface area contributed by atoms with E-state index >= 15 is 0 Å². The number of carbonyl (C=O) groups excluding carboxylic acids is 2. The molecular weight excluding hydrogens is 418 g/mol. The number of aromatic hydroxyl groups is 2. The largest absolute Gasteiger partial charge is 0.504 e. The maximum atomic E-state index is 12.5. The zero-order chi connectivity index (χ0) is 22.5. The van der Waals surface area contributed by atoms with Gasteiger partial charge in [-0.25, -0.2) is 4.79 Å². The number of phenolic OH excluding ortho intramolecular Hbond substituents is 2. The van der Waals surface area contributed by atoms with Gasteiger partial charge in [-0.2, -0.15) is 12.6 Å². The van der Waals surface area contributed by atoms with Crippen molar-refractivity contribution in [3.8, 4) is 17.2 Å². The molecule has 1 amide bonds. The summed E-state index contributed by atoms with van der Waals surface area (Å²) in [6, 6.07) is 0.720. The maximum absolute atomic E-state index is 12.5. The highest BCUT2D eigenvalue weighted by molar-refractivity contribution is 7.80. The van der Waals surface area contributed by atoms with Crippen molar-refractivity contribution in [2.24, 2.45) is 17.3 Å². The summed E-state index contributed by atoms with van der Waals surface area (Å²) in [6.07, 6.45) is 4.89. The molecule has 0 aromatic heterocycles. The van der Waals surface area contributed by atoms with Gasteiger partial charge in [-0.1, -0.05) is 6.92 Å². The van der Waals surface area contributed by atoms with Crippen molar-refractivity contribution in [3.63, 3.8) is 0 Å². The van der Waals surface area contributed by atoms with E-state index in [1.807, 2.05) is 0 Å². The van der Waals surface area contributed by atoms with E-state index in [1.54, 1.807) is 6.07 Å². The van der Waals surface area contributed by atoms with Gasteiger partial charge in [0, 0.05) is 18.2 Å². The summed E-state index contributed by atoms with van der Waals surface area (Å²) in [5.41, 5.74) is 1.57. The lowest BCUT2D eigenvalue weighted by atomic mass is 9.55. The van der Waals surface area contributed by atoms with E-state index in [2.05, 4.69) is 24.9 Å². The van der Waals surface area contributed by atoms with Gasteiger partial charge in [0.15, 0.2) is 11.5 Å². The highest BCUT2D eigenvalue weighted by Gasteiger charge is 2.54. The molecule has 0 spiro atoms. The monoisotopic (exact) mass is 449 g/mol. The molecule has 3 unspecified atom stereocenters. The Hall–Kier alpha value is -1.93. The second kappa shape index (κ2) is 8.20. The lowest BCUT2D eigenvalue weighted by molar-refractivity contribution is -0.138. The molecule has 0 saturated heterocycles. The number of rotatable bonds is 4. The summed E-state index contributed by atoms with van der Waals surface area (Å²) in [7, 11) is 0. The van der Waals surface area contributed by atoms with Crippen LogP contribution in [-0.2, 0) is 16.0 Å². The topological polar surface area (TPSA) is 116 Å². The summed E-state index contributed by atoms with van der Waals surface area (Å²) < 4.78 is 5.40. The first-order valence-corrected chi connectivity index (χ1v) is 11.7. The van der Waals surface area contributed by atoms with Crippen LogP contribution in [0, 0.1) is 17.3 Å². The molecule has 3 aliphatic carbocycles. The summed E-state index contributed by atoms with van der Waals surface area (Å²) in [4.78, 5) is 23.8. The van der Waals surface area contributed by atoms with E-state index in [4.69, 9.17) is 4.74 Å². The van der Waals surface area contributed by atoms with Crippen molar-refractivity contribution < 1.29 is 29.6 Å². The molecule has 4 N–H and O–H groups in total. The van der Waals surface area contributed by atoms with E-state index in [0.717, 1.165) is 37.7 Å². The van der Waals surface area contributed by atoms with Crippen molar-refractivity contribution in [1.29, 1.82) is 0 Å². The van der Waals surface area contributed by atoms with E-state index in [1.165, 1.54) is 6.92 Å². The molecule has 0 aliphatic heterocycles. The van der Waals surface area contributed by atoms with Crippen molar-refractivity contribution >= 4 is 24.5 Å². The van der Waals surface area contributed by atoms with Crippen LogP contribution in [-0.4, -0.2) is 45.1 Å². The molecular formula is C23H31NO6S. The number of nitrogens with one attached hydrogen (secondary N) is 1. The van der Waals surface area contributed by atoms with Gasteiger partial charge in [-0.3, -0.25) is 4.79 Å². The predicted octanol–water partition coefficient (Wildman–Crippen LogP) is 2.65. The summed E-state index contributed by atoms with van der Waals surface area (Å²) in [5.74, 6) is -0.883. The minimum Gasteiger partial charge on any atom is -0.504 e. The first-order valence-electron chi connectivity index (χ1n) is 11.0. The first kappa shape index (κ1) is 22.3. The summed E-state index contributed by atoms with van der Waals surface area (Å²) >= 11 is 4.08. The number of aliphatic hydroxyl groups excluding tert-OH is 1. The highest BCUT2D eigenvalue weighted by atomic mass is 32.1. The molecule has 0 bridgehead atoms. The number of aliphatic hydroxyl groups is 1. The molecule has 0 heterocycles. The molecule has 2 saturated carbocycles. The maximum Gasteiger partial charge on any atom is 0.335 e. The van der Waals surface area contributed by atoms with Crippen molar-refractivity contribution in [3.05, 3.63) is 17.2 Å². The fraction of sp³-hybridized carbons (Fsp3) is 0.652. The molecule has 8 heteroatoms. The molecule has 6 atom stereocenters. The van der Waals surface area contributed by atoms with Crippen LogP contribution < -0.4 is 10.1 Å². The van der Waals surface area contributed by atoms with Gasteiger partial charge in [-0.05, 0) is 73.3 Å². The van der Waals surface area contributed by atoms with Gasteiger partial charge in [-0.15, -0.1) is 0 Å². The van der Waals surface area contributed by atoms with E-state index in [-0.39, 0.29) is 40.6 Å². The Kier molecular flexibility index (Phi) is 5.89. The van der Waals surface area contributed by atoms with Gasteiger partial charge in [0.05, 0.1) is 6.10 Å². The highest BCUT2D eigenvalue weighted by Crippen LogP contribution is 2.62. The SMILES string of the molecule is CC(=O)N[C@@H](CS)C(=O)Oc1cc2c(c(O)c1O)CCC1C2CC[C@@]2(C)C1CC[C@@H]2O. The second-order valence-corrected chi connectivity index (χ2v) is 9.91. The number of hydrogen-bond acceptors (Lipinski definition) is 7. The molecule has 1 aromatic rings. The van der Waals surface area contributed by atoms with Crippen LogP contribution in [0.1, 0.15) is 63.0 Å². The minimum absolute atomic E-state index is 0.0450. The number of esters is 1. The van der Waals surface area contributed by atoms with Gasteiger partial charge in [0.1, 0.15) is 6.04 Å². The van der Waals surface area contributed by atoms with E-state index in [9.17, 15) is 24.9 Å². The number of thiol groups is 1. The van der Waals surface area contributed by atoms with E-state index in [0.29, 0.717) is 23.8 Å². The molecule has 0 radical (unpaired) electrons. The van der Waals surface area contributed by atoms with E-state index < -0.39 is 17.8 Å². The fourth-order valence-corrected chi connectivity index (χ4v) is 6.57. The van der Waals surface area contributed by atoms with Crippen LogP contribution in [0.3, 0.4) is 0 Å². The van der Waals surface area contributed by atoms with Gasteiger partial charge in [0.2, 0.25) is 11.7 Å². The first-order chi connectivity index (χ1) is 14.7. The smallest absolute Gasteiger partial charge is 0.335 e. The zero-order valence-electron chi connectivity index (χ0n) is 17.9. The lowest BCUT2D eigenvalue weighted by Gasteiger charge is -2.50. The summed E-state index contributed by atoms with van der Waals surface area (Å²) in [6.45, 7) is 3.49. The zero-order valence-corrected chi connectivity index (χ0v) is 18.8. The number of hydrogen-bond donors (Lipinski definition) is 5. The number of carbonyl (C=O) groups is 2. The van der Waals surface area contributed by atoms with Gasteiger partial charge < -0.3 is 25.4 Å². The Labute approximate surface area is 187 Å². The number of phenols is 2. The van der Waals surface area contributed by atoms with Crippen LogP contribution in [0.25, 0.3) is 0 Å². The molecule has 31 heavy (non-hydrogen) atoms. The molecule has 2 fully saturated rings. The second-order valence-electron chi connectivity index (χ2n) is 9.55. The Morgan fingerprint density at radius 3 is 2.68 bits per heavy atom. The Balaban J connectivity index is 1.64. The van der Waals surface area contributed by atoms with Crippen LogP contribution >= 0.6 is 12.6 Å². The van der Waals surface area contributed by atoms with Crippen molar-refractivity contribution in [2.75, 3.05) is 5.75 Å². The Bertz CT molecular complexity index is 905. The van der Waals surface area contributed by atoms with Gasteiger partial charge in [0.25, 0.3) is 0 Å². The van der Waals surface area contributed by atoms with Crippen LogP contribution in [0.5, 0.6) is 17.2 Å². The predicted molar refractivity (Wildman–Crippen MR) is 117 cm³/mol. The molecule has 1 aromatic carbocycles. The third-order valence-electron chi connectivity index (χ3n) is 7.95. The van der Waals surface area contributed by atoms with Crippen LogP contribution in [0.15, 0.2) is 6.07 Å². The molecule has 7 nitrogen and oxygen atoms in total. The number of fused-ring (bicyclic) bond motifs is 5. The average Bonchev–Trinajstić information content (AvgIpc) is 3.04. The van der Waals surface area contributed by atoms with Crippen molar-refractivity contribution in [2.45, 2.75) is 70.4 Å². The molecule has 170 valence electrons. The number of benzene rings is 1. The average molecular weight is 450 g/mol. The van der Waals surface area contributed by atoms with Crippen LogP contribution in [0.2, 0.25) is 0 Å². The van der Waals surface area contributed by atoms with Crippen LogP contribution in [0.4, 0.5) is 0 Å². The molecule has 3 aliphatic rings. The van der Waals surface area contributed by atoms with Crippen molar-refractivity contribution in [1.82, 2.24) is 5.32 Å². The van der Waals surface area contributed by atoms with Gasteiger partial charge >= 0.3 is 5.97 Å². The quantitative estimate of drug-likeness (QED) is 0.209. The number of ether oxygens (including phenoxy) is 1. The molecule has 4 rings (SSSR count). The lowest BCUT2D eigenvalue weighted by Crippen LogP contribution is -2.44. The number of amides is 1. The fourth-order valence-electron chi connectivity index (χ4n) is 6.33. The Morgan fingerprint density at radius 2 is 2.00 bits per heavy atom.